The molecule has 0 amide bonds. The monoisotopic (exact) mass is 226 g/mol. The Morgan fingerprint density at radius 2 is 1.93 bits per heavy atom. The van der Waals surface area contributed by atoms with Gasteiger partial charge in [-0.2, -0.15) is 0 Å². The quantitative estimate of drug-likeness (QED) is 0.674. The fourth-order valence-electron chi connectivity index (χ4n) is 1.82. The van der Waals surface area contributed by atoms with Gasteiger partial charge in [-0.25, -0.2) is 0 Å². The van der Waals surface area contributed by atoms with Gasteiger partial charge in [0.15, 0.2) is 0 Å². The van der Waals surface area contributed by atoms with E-state index in [1.54, 1.807) is 0 Å². The minimum Gasteiger partial charge on any atom is -0.405 e. The molecule has 1 aliphatic heterocycles. The van der Waals surface area contributed by atoms with E-state index in [0.717, 1.165) is 11.5 Å². The summed E-state index contributed by atoms with van der Waals surface area (Å²) in [6, 6.07) is 0. The van der Waals surface area contributed by atoms with Crippen molar-refractivity contribution in [1.29, 1.82) is 0 Å². The van der Waals surface area contributed by atoms with Gasteiger partial charge < -0.3 is 9.31 Å². The molecule has 1 saturated heterocycles. The minimum absolute atomic E-state index is 0.0923. The van der Waals surface area contributed by atoms with Gasteiger partial charge in [-0.1, -0.05) is 24.7 Å². The molecule has 0 saturated carbocycles. The second-order valence-corrected chi connectivity index (χ2v) is 11.3. The molecule has 1 heterocycles. The highest BCUT2D eigenvalue weighted by Crippen LogP contribution is 2.30. The average Bonchev–Trinajstić information content (AvgIpc) is 1.97. The fourth-order valence-corrected chi connectivity index (χ4v) is 2.66. The standard InChI is InChI=1S/C11H23BO2Si/c1-9-8-11(3,4)14-12(13-9)10(2)15(5,6)7/h9H,2,8H2,1,3-7H3. The molecule has 1 rings (SSSR count). The van der Waals surface area contributed by atoms with E-state index in [4.69, 9.17) is 9.31 Å². The van der Waals surface area contributed by atoms with E-state index < -0.39 is 8.07 Å². The highest BCUT2D eigenvalue weighted by molar-refractivity contribution is 6.94. The third-order valence-electron chi connectivity index (χ3n) is 2.81. The molecule has 0 N–H and O–H groups in total. The smallest absolute Gasteiger partial charge is 0.405 e. The lowest BCUT2D eigenvalue weighted by Crippen LogP contribution is -2.50. The van der Waals surface area contributed by atoms with Crippen LogP contribution >= 0.6 is 0 Å². The molecule has 1 unspecified atom stereocenters. The Bertz CT molecular complexity index is 258. The van der Waals surface area contributed by atoms with Crippen molar-refractivity contribution in [3.8, 4) is 0 Å². The van der Waals surface area contributed by atoms with E-state index in [2.05, 4.69) is 47.0 Å². The van der Waals surface area contributed by atoms with Crippen LogP contribution in [0, 0.1) is 0 Å². The summed E-state index contributed by atoms with van der Waals surface area (Å²) in [5, 5.41) is 1.15. The van der Waals surface area contributed by atoms with E-state index in [-0.39, 0.29) is 18.8 Å². The fraction of sp³-hybridized carbons (Fsp3) is 0.818. The second kappa shape index (κ2) is 4.07. The zero-order chi connectivity index (χ0) is 11.9. The van der Waals surface area contributed by atoms with Crippen LogP contribution in [0.5, 0.6) is 0 Å². The third kappa shape index (κ3) is 3.47. The van der Waals surface area contributed by atoms with Gasteiger partial charge in [0.1, 0.15) is 0 Å². The van der Waals surface area contributed by atoms with E-state index in [0.29, 0.717) is 0 Å². The maximum atomic E-state index is 5.95. The zero-order valence-corrected chi connectivity index (χ0v) is 11.9. The Morgan fingerprint density at radius 1 is 1.40 bits per heavy atom. The Kier molecular flexibility index (Phi) is 3.53. The summed E-state index contributed by atoms with van der Waals surface area (Å²) in [7, 11) is -1.58. The Balaban J connectivity index is 2.75. The lowest BCUT2D eigenvalue weighted by Gasteiger charge is -2.40. The summed E-state index contributed by atoms with van der Waals surface area (Å²) < 4.78 is 11.8. The topological polar surface area (TPSA) is 18.5 Å². The molecule has 0 aromatic carbocycles. The van der Waals surface area contributed by atoms with Gasteiger partial charge >= 0.3 is 7.12 Å². The van der Waals surface area contributed by atoms with Gasteiger partial charge in [-0.3, -0.25) is 0 Å². The van der Waals surface area contributed by atoms with Gasteiger partial charge in [-0.05, 0) is 27.2 Å². The molecular formula is C11H23BO2Si. The number of hydrogen-bond acceptors (Lipinski definition) is 2. The maximum Gasteiger partial charge on any atom is 0.485 e. The summed E-state index contributed by atoms with van der Waals surface area (Å²) in [5.41, 5.74) is -0.0923. The molecule has 0 aliphatic carbocycles. The van der Waals surface area contributed by atoms with E-state index >= 15 is 0 Å². The van der Waals surface area contributed by atoms with Crippen LogP contribution in [0.25, 0.3) is 0 Å². The molecule has 1 atom stereocenters. The largest absolute Gasteiger partial charge is 0.485 e. The lowest BCUT2D eigenvalue weighted by atomic mass is 9.83. The van der Waals surface area contributed by atoms with Gasteiger partial charge in [-0.15, -0.1) is 6.58 Å². The zero-order valence-electron chi connectivity index (χ0n) is 10.9. The van der Waals surface area contributed by atoms with Crippen LogP contribution in [0.2, 0.25) is 19.6 Å². The van der Waals surface area contributed by atoms with Crippen LogP contribution in [0.15, 0.2) is 11.7 Å². The van der Waals surface area contributed by atoms with Crippen molar-refractivity contribution in [3.05, 3.63) is 11.7 Å². The summed E-state index contributed by atoms with van der Waals surface area (Å²) in [4.78, 5) is 0. The van der Waals surface area contributed by atoms with Crippen LogP contribution in [-0.2, 0) is 9.31 Å². The number of hydrogen-bond donors (Lipinski definition) is 0. The lowest BCUT2D eigenvalue weighted by molar-refractivity contribution is -0.0242. The van der Waals surface area contributed by atoms with Crippen LogP contribution in [0.1, 0.15) is 27.2 Å². The first-order valence-corrected chi connectivity index (χ1v) is 9.14. The van der Waals surface area contributed by atoms with Crippen LogP contribution in [0.3, 0.4) is 0 Å². The third-order valence-corrected chi connectivity index (χ3v) is 4.97. The molecule has 2 nitrogen and oxygen atoms in total. The van der Waals surface area contributed by atoms with Crippen molar-refractivity contribution < 1.29 is 9.31 Å². The molecule has 1 aliphatic rings. The van der Waals surface area contributed by atoms with Crippen LogP contribution < -0.4 is 0 Å². The first kappa shape index (κ1) is 13.0. The van der Waals surface area contributed by atoms with Crippen molar-refractivity contribution in [1.82, 2.24) is 0 Å². The first-order chi connectivity index (χ1) is 6.62. The van der Waals surface area contributed by atoms with Gasteiger partial charge in [0.25, 0.3) is 0 Å². The molecule has 0 aromatic rings. The Morgan fingerprint density at radius 3 is 2.33 bits per heavy atom. The first-order valence-electron chi connectivity index (χ1n) is 5.64. The van der Waals surface area contributed by atoms with Crippen molar-refractivity contribution in [2.24, 2.45) is 0 Å². The second-order valence-electron chi connectivity index (χ2n) is 6.14. The summed E-state index contributed by atoms with van der Waals surface area (Å²) >= 11 is 0. The van der Waals surface area contributed by atoms with E-state index in [9.17, 15) is 0 Å². The maximum absolute atomic E-state index is 5.95. The van der Waals surface area contributed by atoms with E-state index in [1.807, 2.05) is 0 Å². The summed E-state index contributed by atoms with van der Waals surface area (Å²) in [5.74, 6) is 0. The molecule has 15 heavy (non-hydrogen) atoms. The molecule has 1 fully saturated rings. The van der Waals surface area contributed by atoms with Crippen molar-refractivity contribution in [3.63, 3.8) is 0 Å². The highest BCUT2D eigenvalue weighted by atomic mass is 28.3. The molecule has 86 valence electrons. The Hall–Kier alpha value is -0.0582. The summed E-state index contributed by atoms with van der Waals surface area (Å²) in [6.45, 7) is 17.3. The van der Waals surface area contributed by atoms with E-state index in [1.165, 1.54) is 0 Å². The molecule has 0 bridgehead atoms. The molecular weight excluding hydrogens is 203 g/mol. The van der Waals surface area contributed by atoms with Gasteiger partial charge in [0.2, 0.25) is 0 Å². The molecule has 0 spiro atoms. The predicted octanol–water partition coefficient (Wildman–Crippen LogP) is 3.05. The average molecular weight is 226 g/mol. The van der Waals surface area contributed by atoms with Crippen molar-refractivity contribution in [2.45, 2.75) is 58.5 Å². The summed E-state index contributed by atoms with van der Waals surface area (Å²) in [6.07, 6.45) is 1.20. The normalized spacial score (nSPS) is 26.5. The molecule has 0 aromatic heterocycles. The SMILES string of the molecule is C=C(B1OC(C)CC(C)(C)O1)[Si](C)(C)C. The highest BCUT2D eigenvalue weighted by Gasteiger charge is 2.41. The molecule has 0 radical (unpaired) electrons. The van der Waals surface area contributed by atoms with Gasteiger partial charge in [0.05, 0.1) is 13.7 Å². The van der Waals surface area contributed by atoms with Crippen molar-refractivity contribution >= 4 is 15.2 Å². The van der Waals surface area contributed by atoms with Crippen molar-refractivity contribution in [2.75, 3.05) is 0 Å². The molecule has 4 heteroatoms. The predicted molar refractivity (Wildman–Crippen MR) is 68.6 cm³/mol. The Labute approximate surface area is 95.2 Å². The number of rotatable bonds is 2. The van der Waals surface area contributed by atoms with Crippen LogP contribution in [-0.4, -0.2) is 26.9 Å². The minimum atomic E-state index is -1.38. The van der Waals surface area contributed by atoms with Crippen LogP contribution in [0.4, 0.5) is 0 Å². The van der Waals surface area contributed by atoms with Gasteiger partial charge in [0, 0.05) is 6.10 Å².